The van der Waals surface area contributed by atoms with Crippen LogP contribution in [0.4, 0.5) is 0 Å². The molecule has 2 aromatic rings. The van der Waals surface area contributed by atoms with Crippen molar-refractivity contribution in [2.75, 3.05) is 6.61 Å². The lowest BCUT2D eigenvalue weighted by Gasteiger charge is -2.08. The fourth-order valence-corrected chi connectivity index (χ4v) is 2.09. The zero-order chi connectivity index (χ0) is 15.1. The topological polar surface area (TPSA) is 90.8 Å². The van der Waals surface area contributed by atoms with Gasteiger partial charge in [0.2, 0.25) is 0 Å². The van der Waals surface area contributed by atoms with Crippen molar-refractivity contribution >= 4 is 29.4 Å². The van der Waals surface area contributed by atoms with Crippen molar-refractivity contribution in [1.82, 2.24) is 5.43 Å². The molecule has 1 aromatic heterocycles. The van der Waals surface area contributed by atoms with Gasteiger partial charge in [0.1, 0.15) is 12.4 Å². The number of rotatable bonds is 6. The molecule has 0 aliphatic carbocycles. The van der Waals surface area contributed by atoms with Crippen LogP contribution in [0.2, 0.25) is 0 Å². The maximum absolute atomic E-state index is 11.7. The van der Waals surface area contributed by atoms with Crippen LogP contribution >= 0.6 is 11.3 Å². The number of carboxylic acids is 1. The highest BCUT2D eigenvalue weighted by Crippen LogP contribution is 2.15. The highest BCUT2D eigenvalue weighted by atomic mass is 32.1. The molecule has 1 heterocycles. The molecule has 108 valence electrons. The van der Waals surface area contributed by atoms with E-state index >= 15 is 0 Å². The van der Waals surface area contributed by atoms with Crippen LogP contribution in [0.25, 0.3) is 0 Å². The van der Waals surface area contributed by atoms with E-state index in [0.29, 0.717) is 16.2 Å². The predicted molar refractivity (Wildman–Crippen MR) is 76.3 cm³/mol. The van der Waals surface area contributed by atoms with E-state index in [2.05, 4.69) is 10.5 Å². The van der Waals surface area contributed by atoms with Crippen LogP contribution in [-0.4, -0.2) is 24.7 Å². The molecule has 7 heteroatoms. The summed E-state index contributed by atoms with van der Waals surface area (Å²) in [4.78, 5) is 22.6. The maximum atomic E-state index is 11.7. The summed E-state index contributed by atoms with van der Waals surface area (Å²) in [5.41, 5.74) is 2.93. The number of hydrogen-bond acceptors (Lipinski definition) is 6. The fraction of sp³-hybridized carbons (Fsp3) is 0.0714. The molecule has 1 amide bonds. The van der Waals surface area contributed by atoms with Gasteiger partial charge < -0.3 is 14.6 Å². The number of carboxylic acid groups (broad SMARTS) is 1. The fourth-order valence-electron chi connectivity index (χ4n) is 1.48. The van der Waals surface area contributed by atoms with Crippen LogP contribution in [0.1, 0.15) is 15.2 Å². The standard InChI is InChI=1S/C14H12N2O4S/c17-13(18)9-20-11-5-2-1-4-10(11)8-15-16-14(19)12-6-3-7-21-12/h1-8H,9H2,(H,16,19)(H,17,18)/p-1/b15-8-. The Kier molecular flexibility index (Phi) is 5.05. The third-order valence-electron chi connectivity index (χ3n) is 2.38. The van der Waals surface area contributed by atoms with Gasteiger partial charge in [-0.3, -0.25) is 4.79 Å². The molecule has 0 saturated heterocycles. The zero-order valence-corrected chi connectivity index (χ0v) is 11.6. The number of amides is 1. The molecule has 0 aliphatic heterocycles. The number of para-hydroxylation sites is 1. The Morgan fingerprint density at radius 2 is 2.10 bits per heavy atom. The first-order valence-electron chi connectivity index (χ1n) is 5.95. The number of nitrogens with one attached hydrogen (secondary N) is 1. The van der Waals surface area contributed by atoms with Gasteiger partial charge in [-0.15, -0.1) is 11.3 Å². The maximum Gasteiger partial charge on any atom is 0.281 e. The van der Waals surface area contributed by atoms with E-state index in [1.165, 1.54) is 17.6 Å². The first-order chi connectivity index (χ1) is 10.2. The van der Waals surface area contributed by atoms with Gasteiger partial charge in [-0.05, 0) is 23.6 Å². The highest BCUT2D eigenvalue weighted by Gasteiger charge is 2.04. The van der Waals surface area contributed by atoms with Gasteiger partial charge in [0.15, 0.2) is 0 Å². The van der Waals surface area contributed by atoms with Crippen LogP contribution in [0.3, 0.4) is 0 Å². The summed E-state index contributed by atoms with van der Waals surface area (Å²) < 4.78 is 5.06. The monoisotopic (exact) mass is 303 g/mol. The summed E-state index contributed by atoms with van der Waals surface area (Å²) in [7, 11) is 0. The first kappa shape index (κ1) is 14.7. The van der Waals surface area contributed by atoms with Crippen molar-refractivity contribution in [2.45, 2.75) is 0 Å². The molecule has 0 unspecified atom stereocenters. The smallest absolute Gasteiger partial charge is 0.281 e. The van der Waals surface area contributed by atoms with E-state index in [9.17, 15) is 14.7 Å². The zero-order valence-electron chi connectivity index (χ0n) is 10.8. The van der Waals surface area contributed by atoms with E-state index in [0.717, 1.165) is 0 Å². The molecule has 1 N–H and O–H groups in total. The minimum Gasteiger partial charge on any atom is -0.546 e. The van der Waals surface area contributed by atoms with Crippen molar-refractivity contribution in [2.24, 2.45) is 5.10 Å². The van der Waals surface area contributed by atoms with Gasteiger partial charge in [0.05, 0.1) is 17.1 Å². The molecule has 0 spiro atoms. The lowest BCUT2D eigenvalue weighted by atomic mass is 10.2. The van der Waals surface area contributed by atoms with Gasteiger partial charge in [-0.2, -0.15) is 5.10 Å². The van der Waals surface area contributed by atoms with Crippen LogP contribution in [0.15, 0.2) is 46.9 Å². The van der Waals surface area contributed by atoms with Crippen molar-refractivity contribution < 1.29 is 19.4 Å². The molecule has 0 radical (unpaired) electrons. The summed E-state index contributed by atoms with van der Waals surface area (Å²) in [6.45, 7) is -0.549. The number of carbonyl (C=O) groups excluding carboxylic acids is 2. The summed E-state index contributed by atoms with van der Waals surface area (Å²) in [6.07, 6.45) is 1.39. The summed E-state index contributed by atoms with van der Waals surface area (Å²) in [5, 5.41) is 16.0. The van der Waals surface area contributed by atoms with E-state index in [1.807, 2.05) is 0 Å². The largest absolute Gasteiger partial charge is 0.546 e. The van der Waals surface area contributed by atoms with Gasteiger partial charge in [0.25, 0.3) is 5.91 Å². The Morgan fingerprint density at radius 3 is 2.81 bits per heavy atom. The molecule has 0 saturated carbocycles. The number of thiophene rings is 1. The third-order valence-corrected chi connectivity index (χ3v) is 3.25. The number of hydrogen-bond donors (Lipinski definition) is 1. The van der Waals surface area contributed by atoms with Crippen molar-refractivity contribution in [3.05, 3.63) is 52.2 Å². The highest BCUT2D eigenvalue weighted by molar-refractivity contribution is 7.12. The summed E-state index contributed by atoms with van der Waals surface area (Å²) in [6, 6.07) is 10.2. The molecule has 0 atom stereocenters. The third kappa shape index (κ3) is 4.43. The Labute approximate surface area is 124 Å². The number of carbonyl (C=O) groups is 2. The normalized spacial score (nSPS) is 10.5. The Hall–Kier alpha value is -2.67. The van der Waals surface area contributed by atoms with Gasteiger partial charge in [0, 0.05) is 5.56 Å². The quantitative estimate of drug-likeness (QED) is 0.626. The number of aliphatic carboxylic acids is 1. The number of nitrogens with zero attached hydrogens (tertiary/aromatic N) is 1. The van der Waals surface area contributed by atoms with E-state index < -0.39 is 12.6 Å². The van der Waals surface area contributed by atoms with Gasteiger partial charge in [-0.1, -0.05) is 18.2 Å². The summed E-state index contributed by atoms with van der Waals surface area (Å²) in [5.74, 6) is -1.28. The van der Waals surface area contributed by atoms with Crippen LogP contribution in [0.5, 0.6) is 5.75 Å². The van der Waals surface area contributed by atoms with E-state index in [1.54, 1.807) is 41.8 Å². The van der Waals surface area contributed by atoms with E-state index in [-0.39, 0.29) is 5.91 Å². The SMILES string of the molecule is O=C([O-])COc1ccccc1/C=N\NC(=O)c1cccs1. The van der Waals surface area contributed by atoms with Crippen LogP contribution in [-0.2, 0) is 4.79 Å². The first-order valence-corrected chi connectivity index (χ1v) is 6.83. The second-order valence-electron chi connectivity index (χ2n) is 3.87. The number of hydrazone groups is 1. The molecular weight excluding hydrogens is 292 g/mol. The minimum absolute atomic E-state index is 0.311. The van der Waals surface area contributed by atoms with Crippen LogP contribution < -0.4 is 15.3 Å². The molecule has 0 fully saturated rings. The second kappa shape index (κ2) is 7.20. The molecule has 0 bridgehead atoms. The summed E-state index contributed by atoms with van der Waals surface area (Å²) >= 11 is 1.31. The molecule has 21 heavy (non-hydrogen) atoms. The Morgan fingerprint density at radius 1 is 1.29 bits per heavy atom. The van der Waals surface area contributed by atoms with Crippen molar-refractivity contribution in [1.29, 1.82) is 0 Å². The molecule has 6 nitrogen and oxygen atoms in total. The van der Waals surface area contributed by atoms with Gasteiger partial charge in [-0.25, -0.2) is 5.43 Å². The molecule has 0 aliphatic rings. The predicted octanol–water partition coefficient (Wildman–Crippen LogP) is 0.641. The van der Waals surface area contributed by atoms with Crippen molar-refractivity contribution in [3.8, 4) is 5.75 Å². The molecular formula is C14H11N2O4S-. The van der Waals surface area contributed by atoms with E-state index in [4.69, 9.17) is 4.74 Å². The van der Waals surface area contributed by atoms with Gasteiger partial charge >= 0.3 is 0 Å². The molecule has 2 rings (SSSR count). The number of ether oxygens (including phenoxy) is 1. The minimum atomic E-state index is -1.31. The average molecular weight is 303 g/mol. The lowest BCUT2D eigenvalue weighted by Crippen LogP contribution is -2.29. The number of benzene rings is 1. The Bertz CT molecular complexity index is 653. The lowest BCUT2D eigenvalue weighted by molar-refractivity contribution is -0.307. The second-order valence-corrected chi connectivity index (χ2v) is 4.82. The molecule has 1 aromatic carbocycles. The van der Waals surface area contributed by atoms with Crippen molar-refractivity contribution in [3.63, 3.8) is 0 Å². The average Bonchev–Trinajstić information content (AvgIpc) is 3.00. The Balaban J connectivity index is 2.00. The van der Waals surface area contributed by atoms with Crippen LogP contribution in [0, 0.1) is 0 Å².